The fourth-order valence-corrected chi connectivity index (χ4v) is 1.85. The second kappa shape index (κ2) is 8.09. The zero-order valence-electron chi connectivity index (χ0n) is 12.4. The molecule has 0 saturated heterocycles. The van der Waals surface area contributed by atoms with Crippen LogP contribution in [0, 0.1) is 5.92 Å². The van der Waals surface area contributed by atoms with Gasteiger partial charge in [-0.1, -0.05) is 31.7 Å². The average Bonchev–Trinajstić information content (AvgIpc) is 2.49. The van der Waals surface area contributed by atoms with Crippen molar-refractivity contribution in [1.82, 2.24) is 4.90 Å². The van der Waals surface area contributed by atoms with Gasteiger partial charge in [0.25, 0.3) is 5.91 Å². The first-order valence-electron chi connectivity index (χ1n) is 6.86. The van der Waals surface area contributed by atoms with Crippen molar-refractivity contribution in [2.75, 3.05) is 19.7 Å². The van der Waals surface area contributed by atoms with Gasteiger partial charge < -0.3 is 14.7 Å². The Kier molecular flexibility index (Phi) is 6.46. The molecule has 0 aliphatic heterocycles. The number of aliphatic carboxylic acids is 1. The quantitative estimate of drug-likeness (QED) is 0.747. The van der Waals surface area contributed by atoms with Gasteiger partial charge in [-0.2, -0.15) is 0 Å². The highest BCUT2D eigenvalue weighted by Crippen LogP contribution is 2.20. The number of benzene rings is 1. The summed E-state index contributed by atoms with van der Waals surface area (Å²) in [4.78, 5) is 25.0. The maximum absolute atomic E-state index is 12.5. The molecule has 0 fully saturated rings. The molecule has 5 nitrogen and oxygen atoms in total. The van der Waals surface area contributed by atoms with Crippen LogP contribution in [0.1, 0.15) is 24.2 Å². The van der Waals surface area contributed by atoms with Crippen molar-refractivity contribution in [3.63, 3.8) is 0 Å². The lowest BCUT2D eigenvalue weighted by Crippen LogP contribution is -2.37. The minimum absolute atomic E-state index is 0.167. The van der Waals surface area contributed by atoms with E-state index in [1.54, 1.807) is 37.3 Å². The Labute approximate surface area is 124 Å². The van der Waals surface area contributed by atoms with E-state index < -0.39 is 11.9 Å². The number of hydrogen-bond acceptors (Lipinski definition) is 3. The molecule has 1 atom stereocenters. The molecule has 21 heavy (non-hydrogen) atoms. The van der Waals surface area contributed by atoms with Crippen molar-refractivity contribution >= 4 is 11.9 Å². The topological polar surface area (TPSA) is 66.8 Å². The van der Waals surface area contributed by atoms with Crippen molar-refractivity contribution < 1.29 is 19.4 Å². The van der Waals surface area contributed by atoms with Crippen LogP contribution in [0.2, 0.25) is 0 Å². The SMILES string of the molecule is C=CCOc1ccccc1C(=O)N(CC)CC(C)C(=O)O. The van der Waals surface area contributed by atoms with Crippen LogP contribution < -0.4 is 4.74 Å². The monoisotopic (exact) mass is 291 g/mol. The van der Waals surface area contributed by atoms with Gasteiger partial charge >= 0.3 is 5.97 Å². The Morgan fingerprint density at radius 2 is 2.10 bits per heavy atom. The van der Waals surface area contributed by atoms with Crippen LogP contribution in [0.25, 0.3) is 0 Å². The minimum atomic E-state index is -0.919. The number of carbonyl (C=O) groups is 2. The molecule has 0 saturated carbocycles. The summed E-state index contributed by atoms with van der Waals surface area (Å²) >= 11 is 0. The summed E-state index contributed by atoms with van der Waals surface area (Å²) < 4.78 is 5.47. The molecule has 1 rings (SSSR count). The van der Waals surface area contributed by atoms with Gasteiger partial charge in [-0.3, -0.25) is 9.59 Å². The van der Waals surface area contributed by atoms with Gasteiger partial charge in [0.15, 0.2) is 0 Å². The highest BCUT2D eigenvalue weighted by molar-refractivity contribution is 5.97. The van der Waals surface area contributed by atoms with Crippen molar-refractivity contribution in [2.24, 2.45) is 5.92 Å². The van der Waals surface area contributed by atoms with Crippen LogP contribution in [-0.2, 0) is 4.79 Å². The number of ether oxygens (including phenoxy) is 1. The third-order valence-corrected chi connectivity index (χ3v) is 3.06. The third-order valence-electron chi connectivity index (χ3n) is 3.06. The Balaban J connectivity index is 2.94. The summed E-state index contributed by atoms with van der Waals surface area (Å²) in [7, 11) is 0. The maximum Gasteiger partial charge on any atom is 0.308 e. The normalized spacial score (nSPS) is 11.5. The zero-order chi connectivity index (χ0) is 15.8. The summed E-state index contributed by atoms with van der Waals surface area (Å²) in [6.07, 6.45) is 1.60. The second-order valence-electron chi connectivity index (χ2n) is 4.68. The number of hydrogen-bond donors (Lipinski definition) is 1. The molecule has 1 aromatic rings. The molecule has 0 radical (unpaired) electrons. The van der Waals surface area contributed by atoms with E-state index in [-0.39, 0.29) is 12.5 Å². The summed E-state index contributed by atoms with van der Waals surface area (Å²) in [5, 5.41) is 8.98. The number of carboxylic acids is 1. The summed E-state index contributed by atoms with van der Waals surface area (Å²) in [5.41, 5.74) is 0.429. The summed E-state index contributed by atoms with van der Waals surface area (Å²) in [6.45, 7) is 7.89. The molecule has 5 heteroatoms. The van der Waals surface area contributed by atoms with Crippen molar-refractivity contribution in [3.05, 3.63) is 42.5 Å². The van der Waals surface area contributed by atoms with E-state index in [0.29, 0.717) is 24.5 Å². The lowest BCUT2D eigenvalue weighted by atomic mass is 10.1. The number of amides is 1. The predicted molar refractivity (Wildman–Crippen MR) is 80.5 cm³/mol. The number of carboxylic acid groups (broad SMARTS) is 1. The summed E-state index contributed by atoms with van der Waals surface area (Å²) in [5.74, 6) is -1.29. The highest BCUT2D eigenvalue weighted by Gasteiger charge is 2.22. The smallest absolute Gasteiger partial charge is 0.308 e. The van der Waals surface area contributed by atoms with E-state index in [1.165, 1.54) is 4.90 Å². The molecule has 0 aliphatic rings. The fourth-order valence-electron chi connectivity index (χ4n) is 1.85. The molecule has 0 aliphatic carbocycles. The van der Waals surface area contributed by atoms with Crippen LogP contribution in [0.3, 0.4) is 0 Å². The average molecular weight is 291 g/mol. The molecule has 1 unspecified atom stereocenters. The van der Waals surface area contributed by atoms with Gasteiger partial charge in [-0.05, 0) is 19.1 Å². The van der Waals surface area contributed by atoms with E-state index in [1.807, 2.05) is 6.92 Å². The van der Waals surface area contributed by atoms with Crippen molar-refractivity contribution in [1.29, 1.82) is 0 Å². The van der Waals surface area contributed by atoms with Crippen LogP contribution in [0.15, 0.2) is 36.9 Å². The van der Waals surface area contributed by atoms with Crippen LogP contribution in [-0.4, -0.2) is 41.6 Å². The Bertz CT molecular complexity index is 513. The fraction of sp³-hybridized carbons (Fsp3) is 0.375. The molecule has 0 spiro atoms. The Morgan fingerprint density at radius 3 is 2.67 bits per heavy atom. The molecule has 0 bridgehead atoms. The molecular weight excluding hydrogens is 270 g/mol. The predicted octanol–water partition coefficient (Wildman–Crippen LogP) is 2.43. The zero-order valence-corrected chi connectivity index (χ0v) is 12.4. The Morgan fingerprint density at radius 1 is 1.43 bits per heavy atom. The van der Waals surface area contributed by atoms with E-state index in [9.17, 15) is 9.59 Å². The number of rotatable bonds is 8. The van der Waals surface area contributed by atoms with E-state index in [0.717, 1.165) is 0 Å². The molecule has 0 aromatic heterocycles. The van der Waals surface area contributed by atoms with Gasteiger partial charge in [-0.25, -0.2) is 0 Å². The molecule has 1 aromatic carbocycles. The standard InChI is InChI=1S/C16H21NO4/c1-4-10-21-14-9-7-6-8-13(14)15(18)17(5-2)11-12(3)16(19)20/h4,6-9,12H,1,5,10-11H2,2-3H3,(H,19,20). The van der Waals surface area contributed by atoms with Crippen LogP contribution in [0.5, 0.6) is 5.75 Å². The summed E-state index contributed by atoms with van der Waals surface area (Å²) in [6, 6.07) is 6.92. The van der Waals surface area contributed by atoms with Crippen molar-refractivity contribution in [3.8, 4) is 5.75 Å². The minimum Gasteiger partial charge on any atom is -0.489 e. The van der Waals surface area contributed by atoms with E-state index in [2.05, 4.69) is 6.58 Å². The molecule has 0 heterocycles. The molecule has 1 N–H and O–H groups in total. The van der Waals surface area contributed by atoms with Crippen LogP contribution >= 0.6 is 0 Å². The highest BCUT2D eigenvalue weighted by atomic mass is 16.5. The number of nitrogens with zero attached hydrogens (tertiary/aromatic N) is 1. The van der Waals surface area contributed by atoms with Gasteiger partial charge in [0.1, 0.15) is 12.4 Å². The maximum atomic E-state index is 12.5. The largest absolute Gasteiger partial charge is 0.489 e. The number of carbonyl (C=O) groups excluding carboxylic acids is 1. The van der Waals surface area contributed by atoms with Gasteiger partial charge in [-0.15, -0.1) is 0 Å². The van der Waals surface area contributed by atoms with Crippen LogP contribution in [0.4, 0.5) is 0 Å². The second-order valence-corrected chi connectivity index (χ2v) is 4.68. The first kappa shape index (κ1) is 16.8. The van der Waals surface area contributed by atoms with Crippen molar-refractivity contribution in [2.45, 2.75) is 13.8 Å². The molecule has 1 amide bonds. The lowest BCUT2D eigenvalue weighted by Gasteiger charge is -2.24. The van der Waals surface area contributed by atoms with Gasteiger partial charge in [0.2, 0.25) is 0 Å². The lowest BCUT2D eigenvalue weighted by molar-refractivity contribution is -0.141. The first-order valence-corrected chi connectivity index (χ1v) is 6.86. The first-order chi connectivity index (χ1) is 10.0. The van der Waals surface area contributed by atoms with E-state index in [4.69, 9.17) is 9.84 Å². The Hall–Kier alpha value is -2.30. The number of para-hydroxylation sites is 1. The molecular formula is C16H21NO4. The molecule has 114 valence electrons. The van der Waals surface area contributed by atoms with Gasteiger partial charge in [0.05, 0.1) is 11.5 Å². The third kappa shape index (κ3) is 4.63. The van der Waals surface area contributed by atoms with E-state index >= 15 is 0 Å². The van der Waals surface area contributed by atoms with Gasteiger partial charge in [0, 0.05) is 13.1 Å².